The van der Waals surface area contributed by atoms with Crippen LogP contribution in [-0.4, -0.2) is 51.0 Å². The number of benzene rings is 1. The Morgan fingerprint density at radius 1 is 1.14 bits per heavy atom. The molecule has 4 rings (SSSR count). The highest BCUT2D eigenvalue weighted by Gasteiger charge is 2.43. The van der Waals surface area contributed by atoms with E-state index in [0.29, 0.717) is 30.8 Å². The first kappa shape index (κ1) is 18.5. The van der Waals surface area contributed by atoms with Gasteiger partial charge in [-0.2, -0.15) is 9.78 Å². The van der Waals surface area contributed by atoms with Crippen molar-refractivity contribution in [1.82, 2.24) is 14.7 Å². The number of carbonyl (C=O) groups excluding carboxylic acids is 1. The summed E-state index contributed by atoms with van der Waals surface area (Å²) in [5.41, 5.74) is 1.11. The molecule has 148 valence electrons. The SMILES string of the molecule is CC(C)c1ccccc1O[C@H]1C[C@@H]2CN(C(=O)n3ccc(C(=O)O)n3)C[C@@H]2C1. The number of fused-ring (bicyclic) bond motifs is 1. The van der Waals surface area contributed by atoms with Gasteiger partial charge in [-0.05, 0) is 48.3 Å². The molecule has 1 saturated carbocycles. The molecule has 0 radical (unpaired) electrons. The van der Waals surface area contributed by atoms with Gasteiger partial charge in [0.2, 0.25) is 0 Å². The molecule has 0 bridgehead atoms. The topological polar surface area (TPSA) is 84.7 Å². The van der Waals surface area contributed by atoms with Gasteiger partial charge in [0.05, 0.1) is 6.10 Å². The van der Waals surface area contributed by atoms with Crippen LogP contribution in [0.25, 0.3) is 0 Å². The van der Waals surface area contributed by atoms with Crippen molar-refractivity contribution in [3.63, 3.8) is 0 Å². The van der Waals surface area contributed by atoms with Gasteiger partial charge in [-0.1, -0.05) is 32.0 Å². The number of carboxylic acids is 1. The van der Waals surface area contributed by atoms with Crippen molar-refractivity contribution in [2.24, 2.45) is 11.8 Å². The van der Waals surface area contributed by atoms with Gasteiger partial charge in [-0.3, -0.25) is 0 Å². The molecule has 7 heteroatoms. The third-order valence-electron chi connectivity index (χ3n) is 5.82. The molecular weight excluding hydrogens is 358 g/mol. The first-order chi connectivity index (χ1) is 13.4. The molecule has 2 fully saturated rings. The maximum Gasteiger partial charge on any atom is 0.356 e. The monoisotopic (exact) mass is 383 g/mol. The predicted molar refractivity (Wildman–Crippen MR) is 103 cm³/mol. The highest BCUT2D eigenvalue weighted by atomic mass is 16.5. The van der Waals surface area contributed by atoms with Crippen molar-refractivity contribution >= 4 is 12.0 Å². The van der Waals surface area contributed by atoms with Crippen molar-refractivity contribution < 1.29 is 19.4 Å². The number of carbonyl (C=O) groups is 2. The molecule has 7 nitrogen and oxygen atoms in total. The van der Waals surface area contributed by atoms with Crippen LogP contribution in [0.15, 0.2) is 36.5 Å². The normalized spacial score (nSPS) is 23.8. The molecule has 2 heterocycles. The highest BCUT2D eigenvalue weighted by Crippen LogP contribution is 2.40. The first-order valence-electron chi connectivity index (χ1n) is 9.76. The zero-order valence-electron chi connectivity index (χ0n) is 16.1. The van der Waals surface area contributed by atoms with E-state index in [1.165, 1.54) is 17.8 Å². The van der Waals surface area contributed by atoms with Crippen LogP contribution in [0.5, 0.6) is 5.75 Å². The number of hydrogen-bond acceptors (Lipinski definition) is 4. The van der Waals surface area contributed by atoms with E-state index in [9.17, 15) is 9.59 Å². The van der Waals surface area contributed by atoms with Gasteiger partial charge in [0.15, 0.2) is 5.69 Å². The van der Waals surface area contributed by atoms with Crippen LogP contribution in [0.4, 0.5) is 4.79 Å². The Bertz CT molecular complexity index is 877. The maximum absolute atomic E-state index is 12.6. The molecule has 3 atom stereocenters. The Morgan fingerprint density at radius 3 is 2.43 bits per heavy atom. The van der Waals surface area contributed by atoms with Gasteiger partial charge in [-0.15, -0.1) is 0 Å². The standard InChI is InChI=1S/C21H25N3O4/c1-13(2)17-5-3-4-6-19(17)28-16-9-14-11-23(12-15(14)10-16)21(27)24-8-7-18(22-24)20(25)26/h3-8,13-16H,9-12H2,1-2H3,(H,25,26)/t14-,15+,16+. The van der Waals surface area contributed by atoms with Gasteiger partial charge in [0.1, 0.15) is 5.75 Å². The van der Waals surface area contributed by atoms with E-state index in [4.69, 9.17) is 9.84 Å². The summed E-state index contributed by atoms with van der Waals surface area (Å²) < 4.78 is 7.45. The number of nitrogens with zero attached hydrogens (tertiary/aromatic N) is 3. The lowest BCUT2D eigenvalue weighted by Crippen LogP contribution is -2.34. The molecule has 28 heavy (non-hydrogen) atoms. The highest BCUT2D eigenvalue weighted by molar-refractivity contribution is 5.86. The number of para-hydroxylation sites is 1. The summed E-state index contributed by atoms with van der Waals surface area (Å²) in [4.78, 5) is 25.3. The van der Waals surface area contributed by atoms with Crippen molar-refractivity contribution in [1.29, 1.82) is 0 Å². The fraction of sp³-hybridized carbons (Fsp3) is 0.476. The van der Waals surface area contributed by atoms with Crippen LogP contribution in [0, 0.1) is 11.8 Å². The molecule has 2 aromatic rings. The number of ether oxygens (including phenoxy) is 1. The Balaban J connectivity index is 1.37. The minimum Gasteiger partial charge on any atom is -0.490 e. The van der Waals surface area contributed by atoms with Gasteiger partial charge in [-0.25, -0.2) is 9.59 Å². The third kappa shape index (κ3) is 3.48. The van der Waals surface area contributed by atoms with E-state index < -0.39 is 5.97 Å². The summed E-state index contributed by atoms with van der Waals surface area (Å²) in [5.74, 6) is 1.07. The quantitative estimate of drug-likeness (QED) is 0.874. The third-order valence-corrected chi connectivity index (χ3v) is 5.82. The number of amides is 1. The molecule has 1 N–H and O–H groups in total. The van der Waals surface area contributed by atoms with E-state index in [1.807, 2.05) is 18.2 Å². The zero-order valence-corrected chi connectivity index (χ0v) is 16.1. The van der Waals surface area contributed by atoms with E-state index in [1.54, 1.807) is 4.90 Å². The van der Waals surface area contributed by atoms with Crippen LogP contribution in [0.1, 0.15) is 48.7 Å². The molecule has 0 unspecified atom stereocenters. The molecule has 1 aromatic heterocycles. The van der Waals surface area contributed by atoms with Crippen LogP contribution < -0.4 is 4.74 Å². The predicted octanol–water partition coefficient (Wildman–Crippen LogP) is 3.46. The lowest BCUT2D eigenvalue weighted by Gasteiger charge is -2.21. The molecular formula is C21H25N3O4. The second-order valence-electron chi connectivity index (χ2n) is 8.06. The molecule has 1 aliphatic heterocycles. The molecule has 1 aromatic carbocycles. The van der Waals surface area contributed by atoms with Crippen LogP contribution in [0.2, 0.25) is 0 Å². The smallest absolute Gasteiger partial charge is 0.356 e. The summed E-state index contributed by atoms with van der Waals surface area (Å²) in [5, 5.41) is 12.8. The Hall–Kier alpha value is -2.83. The minimum atomic E-state index is -1.13. The molecule has 1 aliphatic carbocycles. The zero-order chi connectivity index (χ0) is 19.8. The number of carboxylic acid groups (broad SMARTS) is 1. The summed E-state index contributed by atoms with van der Waals surface area (Å²) >= 11 is 0. The van der Waals surface area contributed by atoms with Gasteiger partial charge in [0, 0.05) is 19.3 Å². The number of hydrogen-bond donors (Lipinski definition) is 1. The largest absolute Gasteiger partial charge is 0.490 e. The van der Waals surface area contributed by atoms with E-state index in [2.05, 4.69) is 25.0 Å². The summed E-state index contributed by atoms with van der Waals surface area (Å²) in [6.45, 7) is 5.66. The van der Waals surface area contributed by atoms with Crippen LogP contribution in [-0.2, 0) is 0 Å². The second-order valence-corrected chi connectivity index (χ2v) is 8.06. The van der Waals surface area contributed by atoms with Crippen LogP contribution in [0.3, 0.4) is 0 Å². The first-order valence-corrected chi connectivity index (χ1v) is 9.76. The number of rotatable bonds is 4. The van der Waals surface area contributed by atoms with Gasteiger partial charge >= 0.3 is 12.0 Å². The Kier molecular flexibility index (Phi) is 4.83. The number of likely N-dealkylation sites (tertiary alicyclic amines) is 1. The van der Waals surface area contributed by atoms with E-state index in [0.717, 1.165) is 23.3 Å². The van der Waals surface area contributed by atoms with Crippen molar-refractivity contribution in [3.8, 4) is 5.75 Å². The lowest BCUT2D eigenvalue weighted by atomic mass is 10.0. The molecule has 0 spiro atoms. The fourth-order valence-corrected chi connectivity index (χ4v) is 4.43. The second kappa shape index (κ2) is 7.30. The molecule has 2 aliphatic rings. The van der Waals surface area contributed by atoms with E-state index >= 15 is 0 Å². The average Bonchev–Trinajstić information content (AvgIpc) is 3.36. The lowest BCUT2D eigenvalue weighted by molar-refractivity contribution is 0.0690. The molecule has 1 amide bonds. The average molecular weight is 383 g/mol. The van der Waals surface area contributed by atoms with Crippen molar-refractivity contribution in [2.45, 2.75) is 38.7 Å². The Morgan fingerprint density at radius 2 is 1.82 bits per heavy atom. The minimum absolute atomic E-state index is 0.120. The van der Waals surface area contributed by atoms with Gasteiger partial charge < -0.3 is 14.7 Å². The summed E-state index contributed by atoms with van der Waals surface area (Å²) in [6.07, 6.45) is 3.45. The Labute approximate surface area is 163 Å². The maximum atomic E-state index is 12.6. The summed E-state index contributed by atoms with van der Waals surface area (Å²) in [6, 6.07) is 9.28. The number of aromatic nitrogens is 2. The van der Waals surface area contributed by atoms with E-state index in [-0.39, 0.29) is 17.8 Å². The van der Waals surface area contributed by atoms with Crippen LogP contribution >= 0.6 is 0 Å². The summed E-state index contributed by atoms with van der Waals surface area (Å²) in [7, 11) is 0. The fourth-order valence-electron chi connectivity index (χ4n) is 4.43. The van der Waals surface area contributed by atoms with Crippen molar-refractivity contribution in [2.75, 3.05) is 13.1 Å². The van der Waals surface area contributed by atoms with Gasteiger partial charge in [0.25, 0.3) is 0 Å². The molecule has 1 saturated heterocycles. The van der Waals surface area contributed by atoms with Crippen molar-refractivity contribution in [3.05, 3.63) is 47.8 Å². The number of aromatic carboxylic acids is 1.